The van der Waals surface area contributed by atoms with Crippen LogP contribution in [0.2, 0.25) is 0 Å². The van der Waals surface area contributed by atoms with Crippen molar-refractivity contribution in [2.24, 2.45) is 5.73 Å². The summed E-state index contributed by atoms with van der Waals surface area (Å²) >= 11 is 17.1. The molecule has 0 saturated heterocycles. The van der Waals surface area contributed by atoms with Crippen molar-refractivity contribution in [1.29, 1.82) is 0 Å². The molecule has 0 spiro atoms. The number of aromatic nitrogens is 5. The van der Waals surface area contributed by atoms with Crippen molar-refractivity contribution in [3.63, 3.8) is 0 Å². The van der Waals surface area contributed by atoms with Crippen LogP contribution in [0.1, 0.15) is 166 Å². The number of esters is 3. The normalized spacial score (nSPS) is 18.9. The molecule has 81 heavy (non-hydrogen) atoms. The summed E-state index contributed by atoms with van der Waals surface area (Å²) < 4.78 is 47.7. The van der Waals surface area contributed by atoms with Gasteiger partial charge in [0.1, 0.15) is 23.4 Å². The Bertz CT molecular complexity index is 2790. The van der Waals surface area contributed by atoms with Gasteiger partial charge in [-0.1, -0.05) is 0 Å². The fourth-order valence-electron chi connectivity index (χ4n) is 8.88. The van der Waals surface area contributed by atoms with Crippen LogP contribution in [-0.4, -0.2) is 98.4 Å². The third kappa shape index (κ3) is 20.3. The molecule has 10 heterocycles. The first-order valence-electron chi connectivity index (χ1n) is 26.1. The van der Waals surface area contributed by atoms with Gasteiger partial charge in [0, 0.05) is 113 Å². The molecule has 0 amide bonds. The van der Waals surface area contributed by atoms with E-state index in [2.05, 4.69) is 105 Å². The molecule has 0 fully saturated rings. The van der Waals surface area contributed by atoms with Crippen molar-refractivity contribution < 1.29 is 57.1 Å². The molecule has 0 radical (unpaired) electrons. The number of pyridine rings is 5. The zero-order chi connectivity index (χ0) is 59.2. The first-order valence-corrected chi connectivity index (χ1v) is 30.1. The molecule has 0 aromatic carbocycles. The number of carbonyl (C=O) groups excluding carboxylic acids is 4. The van der Waals surface area contributed by atoms with Gasteiger partial charge in [-0.2, -0.15) is 0 Å². The second kappa shape index (κ2) is 30.2. The minimum atomic E-state index is -0.453. The smallest absolute Gasteiger partial charge is 0.307 e. The molecule has 5 aromatic heterocycles. The van der Waals surface area contributed by atoms with Gasteiger partial charge < -0.3 is 43.6 Å². The molecule has 0 aliphatic carbocycles. The molecule has 5 aliphatic heterocycles. The maximum absolute atomic E-state index is 11.9. The lowest BCUT2D eigenvalue weighted by atomic mass is 9.92. The number of ketones is 1. The summed E-state index contributed by atoms with van der Waals surface area (Å²) in [5.41, 5.74) is 14.7. The summed E-state index contributed by atoms with van der Waals surface area (Å²) in [5.74, 6) is -0.544. The molecule has 2 N–H and O–H groups in total. The largest absolute Gasteiger partial charge is 0.460 e. The third-order valence-electron chi connectivity index (χ3n) is 12.4. The van der Waals surface area contributed by atoms with E-state index in [4.69, 9.17) is 43.6 Å². The number of fused-ring (bicyclic) bond motifs is 5. The van der Waals surface area contributed by atoms with E-state index in [1.807, 2.05) is 87.1 Å². The van der Waals surface area contributed by atoms with Crippen molar-refractivity contribution in [1.82, 2.24) is 24.9 Å². The monoisotopic (exact) mass is 1440 g/mol. The summed E-state index contributed by atoms with van der Waals surface area (Å²) in [6.45, 7) is 22.0. The lowest BCUT2D eigenvalue weighted by Crippen LogP contribution is -2.27. The summed E-state index contributed by atoms with van der Waals surface area (Å²) in [5, 5.41) is 0. The van der Waals surface area contributed by atoms with Gasteiger partial charge in [0.2, 0.25) is 0 Å². The van der Waals surface area contributed by atoms with E-state index in [1.165, 1.54) is 0 Å². The van der Waals surface area contributed by atoms with Crippen molar-refractivity contribution in [2.45, 2.75) is 155 Å². The lowest BCUT2D eigenvalue weighted by molar-refractivity contribution is -0.157. The van der Waals surface area contributed by atoms with Crippen LogP contribution in [0.15, 0.2) is 84.3 Å². The second-order valence-electron chi connectivity index (χ2n) is 22.4. The molecule has 4 unspecified atom stereocenters. The van der Waals surface area contributed by atoms with Crippen LogP contribution in [-0.2, 0) is 85.3 Å². The second-order valence-corrected chi connectivity index (χ2v) is 26.7. The maximum Gasteiger partial charge on any atom is 0.307 e. The minimum absolute atomic E-state index is 0.00468. The number of hydrogen-bond acceptors (Lipinski definition) is 18. The topological polar surface area (TPSA) is 233 Å². The highest BCUT2D eigenvalue weighted by Gasteiger charge is 2.31. The van der Waals surface area contributed by atoms with Crippen LogP contribution in [0.25, 0.3) is 0 Å². The Labute approximate surface area is 515 Å². The SMILES string of the molecule is CC(C)(C)OC(=O)CC1COCc2c(Br)cncc21.CC(C)(C)OC(=O)CC1COCc2c(Br)cncc21.CC(C)(C)OC(=O)CC1COCc2c(Br)cncc21.NC1COCc2c(Br)cncc21.O=C1COCc2c(Br)cncc21. The average Bonchev–Trinajstić information content (AvgIpc) is 3.49. The quantitative estimate of drug-likeness (QED) is 0.123. The molecule has 4 atom stereocenters. The van der Waals surface area contributed by atoms with Crippen LogP contribution in [0.3, 0.4) is 0 Å². The molecule has 0 saturated carbocycles. The molecule has 0 bridgehead atoms. The Morgan fingerprint density at radius 2 is 0.716 bits per heavy atom. The number of carbonyl (C=O) groups is 4. The van der Waals surface area contributed by atoms with Crippen LogP contribution in [0.5, 0.6) is 0 Å². The molecular weight excluding hydrogens is 1370 g/mol. The van der Waals surface area contributed by atoms with Gasteiger partial charge in [-0.3, -0.25) is 44.1 Å². The molecule has 10 rings (SSSR count). The predicted octanol–water partition coefficient (Wildman–Crippen LogP) is 12.5. The van der Waals surface area contributed by atoms with Crippen molar-refractivity contribution in [3.05, 3.63) is 140 Å². The Morgan fingerprint density at radius 1 is 0.432 bits per heavy atom. The molecule has 23 heteroatoms. The van der Waals surface area contributed by atoms with E-state index >= 15 is 0 Å². The van der Waals surface area contributed by atoms with Gasteiger partial charge in [-0.05, 0) is 186 Å². The molecular formula is C58H69Br5N6O12. The summed E-state index contributed by atoms with van der Waals surface area (Å²) in [7, 11) is 0. The van der Waals surface area contributed by atoms with Gasteiger partial charge in [0.15, 0.2) is 5.78 Å². The van der Waals surface area contributed by atoms with Gasteiger partial charge in [0.05, 0.1) is 84.8 Å². The van der Waals surface area contributed by atoms with Gasteiger partial charge in [-0.15, -0.1) is 0 Å². The Kier molecular flexibility index (Phi) is 24.6. The Morgan fingerprint density at radius 3 is 1.04 bits per heavy atom. The minimum Gasteiger partial charge on any atom is -0.460 e. The first kappa shape index (κ1) is 66.1. The lowest BCUT2D eigenvalue weighted by Gasteiger charge is -2.27. The van der Waals surface area contributed by atoms with E-state index in [-0.39, 0.29) is 54.1 Å². The van der Waals surface area contributed by atoms with Crippen LogP contribution < -0.4 is 5.73 Å². The fraction of sp³-hybridized carbons (Fsp3) is 0.500. The average molecular weight is 1440 g/mol. The number of rotatable bonds is 6. The van der Waals surface area contributed by atoms with Crippen LogP contribution in [0, 0.1) is 0 Å². The number of Topliss-reactive ketones (excluding diaryl/α,β-unsaturated/α-hetero) is 1. The van der Waals surface area contributed by atoms with Crippen molar-refractivity contribution in [2.75, 3.05) is 33.0 Å². The van der Waals surface area contributed by atoms with E-state index in [1.54, 1.807) is 37.2 Å². The maximum atomic E-state index is 11.9. The highest BCUT2D eigenvalue weighted by Crippen LogP contribution is 2.36. The van der Waals surface area contributed by atoms with E-state index in [9.17, 15) is 19.2 Å². The number of halogens is 5. The number of nitrogens with two attached hydrogens (primary N) is 1. The third-order valence-corrected chi connectivity index (χ3v) is 15.8. The molecule has 5 aliphatic rings. The summed E-state index contributed by atoms with van der Waals surface area (Å²) in [6, 6.07) is -0.0289. The van der Waals surface area contributed by atoms with E-state index < -0.39 is 16.8 Å². The fourth-order valence-corrected chi connectivity index (χ4v) is 11.2. The number of nitrogens with zero attached hydrogens (tertiary/aromatic N) is 5. The van der Waals surface area contributed by atoms with Crippen molar-refractivity contribution >= 4 is 103 Å². The van der Waals surface area contributed by atoms with Crippen LogP contribution >= 0.6 is 79.6 Å². The highest BCUT2D eigenvalue weighted by atomic mass is 79.9. The zero-order valence-electron chi connectivity index (χ0n) is 46.9. The van der Waals surface area contributed by atoms with Crippen LogP contribution in [0.4, 0.5) is 0 Å². The van der Waals surface area contributed by atoms with E-state index in [0.717, 1.165) is 72.4 Å². The number of ether oxygens (including phenoxy) is 8. The van der Waals surface area contributed by atoms with Gasteiger partial charge in [0.25, 0.3) is 0 Å². The zero-order valence-corrected chi connectivity index (χ0v) is 54.8. The summed E-state index contributed by atoms with van der Waals surface area (Å²) in [4.78, 5) is 67.5. The van der Waals surface area contributed by atoms with Gasteiger partial charge >= 0.3 is 17.9 Å². The number of hydrogen-bond donors (Lipinski definition) is 1. The Hall–Kier alpha value is -4.01. The molecule has 438 valence electrons. The van der Waals surface area contributed by atoms with E-state index in [0.29, 0.717) is 84.3 Å². The van der Waals surface area contributed by atoms with Crippen molar-refractivity contribution in [3.8, 4) is 0 Å². The Balaban J connectivity index is 0.000000165. The molecule has 18 nitrogen and oxygen atoms in total. The van der Waals surface area contributed by atoms with Gasteiger partial charge in [-0.25, -0.2) is 0 Å². The standard InChI is InChI=1S/3C14H18BrNO3.C8H9BrN2O.C8H6BrNO2/c3*1-14(2,3)19-13(17)4-9-7-18-8-11-10(9)5-16-6-12(11)15;9-7-2-11-1-5-6(7)3-12-4-8(5)10;9-7-2-10-1-5-6(7)3-12-4-8(5)11/h3*5-6,9H,4,7-8H2,1-3H3;1-2,8H,3-4,10H2;1-2H,3-4H2. The highest BCUT2D eigenvalue weighted by molar-refractivity contribution is 9.11. The molecule has 5 aromatic rings. The summed E-state index contributed by atoms with van der Waals surface area (Å²) in [6.07, 6.45) is 18.5. The predicted molar refractivity (Wildman–Crippen MR) is 319 cm³/mol. The first-order chi connectivity index (χ1) is 38.2.